The highest BCUT2D eigenvalue weighted by Gasteiger charge is 2.37. The Hall–Kier alpha value is -9.72. The Balaban J connectivity index is 0.000000125. The Kier molecular flexibility index (Phi) is 24.5. The van der Waals surface area contributed by atoms with Gasteiger partial charge in [-0.2, -0.15) is 29.9 Å². The van der Waals surface area contributed by atoms with Crippen molar-refractivity contribution in [3.8, 4) is 34.5 Å². The summed E-state index contributed by atoms with van der Waals surface area (Å²) in [5.41, 5.74) is 5.42. The summed E-state index contributed by atoms with van der Waals surface area (Å²) in [4.78, 5) is 91.7. The summed E-state index contributed by atoms with van der Waals surface area (Å²) >= 11 is 19.1. The van der Waals surface area contributed by atoms with Gasteiger partial charge in [0.15, 0.2) is 34.5 Å². The first-order valence-electron chi connectivity index (χ1n) is 41.9. The fourth-order valence-electron chi connectivity index (χ4n) is 17.6. The number of aromatic nitrogens is 9. The van der Waals surface area contributed by atoms with Gasteiger partial charge in [-0.3, -0.25) is 14.4 Å². The molecule has 30 nitrogen and oxygen atoms in total. The number of ether oxygens (including phenoxy) is 6. The third-order valence-corrected chi connectivity index (χ3v) is 24.6. The molecule has 9 aliphatic heterocycles. The van der Waals surface area contributed by atoms with E-state index in [9.17, 15) is 14.4 Å². The van der Waals surface area contributed by atoms with E-state index in [0.717, 1.165) is 120 Å². The minimum absolute atomic E-state index is 0.00462. The maximum absolute atomic E-state index is 13.6. The fraction of sp³-hybridized carbons (Fsp3) is 0.530. The summed E-state index contributed by atoms with van der Waals surface area (Å²) in [5.74, 6) is 6.08. The molecule has 0 radical (unpaired) electrons. The molecule has 0 bridgehead atoms. The average Bonchev–Trinajstić information content (AvgIpc) is 1.24. The van der Waals surface area contributed by atoms with Crippen LogP contribution in [0.2, 0.25) is 15.1 Å². The van der Waals surface area contributed by atoms with Crippen molar-refractivity contribution >= 4 is 138 Å². The minimum Gasteiger partial charge on any atom is -0.485 e. The number of nitrogens with zero attached hydrogens (tertiary/aromatic N) is 12. The molecule has 7 fully saturated rings. The number of carbonyl (C=O) groups is 3. The molecule has 1 aliphatic carbocycles. The number of hydrogen-bond donors (Lipinski definition) is 9. The molecule has 33 heteroatoms. The van der Waals surface area contributed by atoms with Crippen LogP contribution >= 0.6 is 34.8 Å². The number of benzene rings is 3. The molecule has 6 aromatic heterocycles. The van der Waals surface area contributed by atoms with E-state index in [0.29, 0.717) is 206 Å². The zero-order valence-corrected chi connectivity index (χ0v) is 68.3. The lowest BCUT2D eigenvalue weighted by Crippen LogP contribution is -2.48. The molecule has 616 valence electrons. The van der Waals surface area contributed by atoms with Gasteiger partial charge in [-0.15, -0.1) is 0 Å². The van der Waals surface area contributed by atoms with Crippen molar-refractivity contribution in [3.63, 3.8) is 0 Å². The fourth-order valence-corrected chi connectivity index (χ4v) is 18.3. The number of piperidine rings is 6. The van der Waals surface area contributed by atoms with Gasteiger partial charge in [-0.25, -0.2) is 0 Å². The number of nitrogens with one attached hydrogen (secondary N) is 9. The van der Waals surface area contributed by atoms with Crippen molar-refractivity contribution in [2.45, 2.75) is 154 Å². The lowest BCUT2D eigenvalue weighted by atomic mass is 9.99. The van der Waals surface area contributed by atoms with Crippen LogP contribution in [0.15, 0.2) is 55.0 Å². The van der Waals surface area contributed by atoms with Crippen molar-refractivity contribution < 1.29 is 42.8 Å². The van der Waals surface area contributed by atoms with E-state index in [-0.39, 0.29) is 17.7 Å². The molecular formula is C83H104Cl3N21O9. The van der Waals surface area contributed by atoms with Gasteiger partial charge in [0.05, 0.1) is 65.0 Å². The van der Waals surface area contributed by atoms with E-state index in [1.807, 2.05) is 58.0 Å². The first-order valence-corrected chi connectivity index (χ1v) is 43.1. The maximum Gasteiger partial charge on any atom is 0.257 e. The third kappa shape index (κ3) is 17.3. The molecule has 19 rings (SSSR count). The largest absolute Gasteiger partial charge is 0.485 e. The standard InChI is InChI=1S/C28H34ClN7O3.C28H36ClN7O3.C27H34ClN7O3/c29-20-16-30-25-22(20)26(31-17-4-5-17)34-28(33-25)32-21-7-6-19(23-24(21)39-15-14-38-23)27(37)36-12-8-18(9-13-36)35-10-2-1-3-11-35;1-2-10-30-25-22-20(29)17-31-26(22)34-28(33-25)32-21-7-6-19(23-24(21)39-16-15-38-23)27(37)36-13-8-18(9-14-36)35-11-4-3-5-12-35;1-2-29-24-21-19(28)16-30-25(21)33-27(32-24)31-20-7-6-18(22-23(20)38-15-14-37-22)26(36)35-12-8-17(9-13-35)34-10-4-3-5-11-34/h6-7,16-18H,1-5,8-15H2,(H3,30,31,32,33,34);6-7,17-18H,2-5,8-16H2,1H3,(H3,30,31,32,33,34);6-7,16-17H,2-5,8-15H2,1H3,(H3,29,30,31,32,33). The molecular weight excluding hydrogens is 1540 g/mol. The number of rotatable bonds is 19. The number of aromatic amines is 3. The Morgan fingerprint density at radius 2 is 0.698 bits per heavy atom. The molecule has 3 aromatic carbocycles. The number of fused-ring (bicyclic) bond motifs is 6. The SMILES string of the molecule is CCCNc1nc(Nc2ccc(C(=O)N3CCC(N4CCCCC4)CC3)c3c2OCCO3)nc2[nH]cc(Cl)c12.CCNc1nc(Nc2ccc(C(=O)N3CCC(N4CCCCC4)CC3)c3c2OCCO3)nc2[nH]cc(Cl)c12.O=C(c1ccc(Nc2nc(NC3CC3)c3c(Cl)c[nH]c3n2)c2c1OCCO2)N1CCC(N2CCCCC2)CC1. The zero-order valence-electron chi connectivity index (χ0n) is 66.1. The summed E-state index contributed by atoms with van der Waals surface area (Å²) in [7, 11) is 0. The van der Waals surface area contributed by atoms with Crippen molar-refractivity contribution in [1.29, 1.82) is 0 Å². The number of anilines is 9. The van der Waals surface area contributed by atoms with Gasteiger partial charge in [0, 0.05) is 95.1 Å². The predicted molar refractivity (Wildman–Crippen MR) is 451 cm³/mol. The molecule has 15 heterocycles. The van der Waals surface area contributed by atoms with E-state index in [1.165, 1.54) is 97.1 Å². The molecule has 10 aliphatic rings. The van der Waals surface area contributed by atoms with Crippen molar-refractivity contribution in [2.24, 2.45) is 0 Å². The lowest BCUT2D eigenvalue weighted by Gasteiger charge is -2.40. The van der Waals surface area contributed by atoms with E-state index in [2.05, 4.69) is 93.4 Å². The molecule has 0 atom stereocenters. The predicted octanol–water partition coefficient (Wildman–Crippen LogP) is 14.5. The third-order valence-electron chi connectivity index (χ3n) is 23.7. The normalized spacial score (nSPS) is 19.1. The second kappa shape index (κ2) is 36.0. The number of likely N-dealkylation sites (tertiary alicyclic amines) is 6. The van der Waals surface area contributed by atoms with Gasteiger partial charge >= 0.3 is 0 Å². The topological polar surface area (TPSA) is 323 Å². The van der Waals surface area contributed by atoms with E-state index in [1.54, 1.807) is 18.6 Å². The average molecular weight is 1650 g/mol. The number of halogens is 3. The monoisotopic (exact) mass is 1640 g/mol. The van der Waals surface area contributed by atoms with Gasteiger partial charge < -0.3 is 105 Å². The van der Waals surface area contributed by atoms with Crippen molar-refractivity contribution in [2.75, 3.05) is 163 Å². The summed E-state index contributed by atoms with van der Waals surface area (Å²) in [6, 6.07) is 13.1. The van der Waals surface area contributed by atoms with Crippen LogP contribution < -0.4 is 60.3 Å². The van der Waals surface area contributed by atoms with Crippen LogP contribution in [0.3, 0.4) is 0 Å². The molecule has 3 amide bonds. The molecule has 9 aromatic rings. The lowest BCUT2D eigenvalue weighted by molar-refractivity contribution is 0.0575. The minimum atomic E-state index is -0.0106. The van der Waals surface area contributed by atoms with E-state index >= 15 is 0 Å². The Morgan fingerprint density at radius 1 is 0.388 bits per heavy atom. The van der Waals surface area contributed by atoms with Gasteiger partial charge in [0.2, 0.25) is 17.8 Å². The number of carbonyl (C=O) groups excluding carboxylic acids is 3. The first-order chi connectivity index (χ1) is 56.9. The second-order valence-electron chi connectivity index (χ2n) is 31.4. The highest BCUT2D eigenvalue weighted by Crippen LogP contribution is 2.47. The molecule has 0 unspecified atom stereocenters. The first kappa shape index (κ1) is 78.8. The molecule has 1 saturated carbocycles. The summed E-state index contributed by atoms with van der Waals surface area (Å²) in [6.07, 6.45) is 26.1. The zero-order chi connectivity index (χ0) is 79.2. The molecule has 116 heavy (non-hydrogen) atoms. The summed E-state index contributed by atoms with van der Waals surface area (Å²) < 4.78 is 36.1. The van der Waals surface area contributed by atoms with E-state index in [4.69, 9.17) is 68.2 Å². The Labute approximate surface area is 689 Å². The Bertz CT molecular complexity index is 5000. The van der Waals surface area contributed by atoms with Crippen LogP contribution in [0, 0.1) is 0 Å². The molecule has 9 N–H and O–H groups in total. The summed E-state index contributed by atoms with van der Waals surface area (Å²) in [5, 5.41) is 23.8. The number of amides is 3. The van der Waals surface area contributed by atoms with Crippen molar-refractivity contribution in [1.82, 2.24) is 74.3 Å². The second-order valence-corrected chi connectivity index (χ2v) is 32.6. The van der Waals surface area contributed by atoms with Gasteiger partial charge in [-0.1, -0.05) is 61.0 Å². The van der Waals surface area contributed by atoms with Crippen LogP contribution in [0.5, 0.6) is 34.5 Å². The number of H-pyrrole nitrogens is 3. The summed E-state index contributed by atoms with van der Waals surface area (Å²) in [6.45, 7) is 19.6. The van der Waals surface area contributed by atoms with Crippen LogP contribution in [-0.4, -0.2) is 247 Å². The van der Waals surface area contributed by atoms with E-state index < -0.39 is 0 Å². The van der Waals surface area contributed by atoms with Crippen LogP contribution in [-0.2, 0) is 0 Å². The highest BCUT2D eigenvalue weighted by molar-refractivity contribution is 6.37. The van der Waals surface area contributed by atoms with Gasteiger partial charge in [-0.05, 0) is 179 Å². The Morgan fingerprint density at radius 3 is 1.02 bits per heavy atom. The van der Waals surface area contributed by atoms with Crippen LogP contribution in [0.1, 0.15) is 160 Å². The highest BCUT2D eigenvalue weighted by atomic mass is 35.5. The quantitative estimate of drug-likeness (QED) is 0.0363. The maximum atomic E-state index is 13.6. The van der Waals surface area contributed by atoms with Gasteiger partial charge in [0.25, 0.3) is 17.7 Å². The van der Waals surface area contributed by atoms with Crippen LogP contribution in [0.25, 0.3) is 33.1 Å². The smallest absolute Gasteiger partial charge is 0.257 e. The number of hydrogen-bond acceptors (Lipinski definition) is 24. The molecule has 6 saturated heterocycles. The van der Waals surface area contributed by atoms with Gasteiger partial charge in [0.1, 0.15) is 74.0 Å². The van der Waals surface area contributed by atoms with Crippen molar-refractivity contribution in [3.05, 3.63) is 86.7 Å². The molecule has 0 spiro atoms. The van der Waals surface area contributed by atoms with Crippen LogP contribution in [0.4, 0.5) is 52.4 Å².